The minimum Gasteiger partial charge on any atom is -0.481 e. The number of carbonyl (C=O) groups is 3. The van der Waals surface area contributed by atoms with E-state index in [4.69, 9.17) is 5.11 Å². The first-order valence-corrected chi connectivity index (χ1v) is 7.87. The summed E-state index contributed by atoms with van der Waals surface area (Å²) in [5.41, 5.74) is 0.525. The molecule has 1 saturated heterocycles. The monoisotopic (exact) mass is 336 g/mol. The van der Waals surface area contributed by atoms with Crippen molar-refractivity contribution in [2.75, 3.05) is 19.6 Å². The van der Waals surface area contributed by atoms with Gasteiger partial charge in [-0.15, -0.1) is 0 Å². The Balaban J connectivity index is 1.83. The third kappa shape index (κ3) is 5.04. The van der Waals surface area contributed by atoms with Gasteiger partial charge >= 0.3 is 5.97 Å². The molecule has 0 radical (unpaired) electrons. The van der Waals surface area contributed by atoms with Crippen molar-refractivity contribution in [3.05, 3.63) is 35.6 Å². The zero-order valence-corrected chi connectivity index (χ0v) is 13.5. The third-order valence-electron chi connectivity index (χ3n) is 4.05. The Labute approximate surface area is 139 Å². The van der Waals surface area contributed by atoms with Gasteiger partial charge in [-0.3, -0.25) is 14.4 Å². The van der Waals surface area contributed by atoms with Crippen LogP contribution in [-0.2, 0) is 20.8 Å². The lowest BCUT2D eigenvalue weighted by molar-refractivity contribution is -0.147. The second-order valence-electron chi connectivity index (χ2n) is 6.26. The fourth-order valence-electron chi connectivity index (χ4n) is 2.91. The molecular formula is C17H21FN2O4. The fraction of sp³-hybridized carbons (Fsp3) is 0.471. The number of hydrogen-bond acceptors (Lipinski definition) is 3. The molecule has 2 atom stereocenters. The van der Waals surface area contributed by atoms with Crippen LogP contribution in [0.25, 0.3) is 0 Å². The van der Waals surface area contributed by atoms with Gasteiger partial charge in [0.2, 0.25) is 11.8 Å². The SMILES string of the molecule is CC1CC(C(=O)O)CN(C(=O)CNC(=O)Cc2cccc(F)c2)C1. The number of carbonyl (C=O) groups excluding carboxylic acids is 2. The van der Waals surface area contributed by atoms with Crippen LogP contribution in [0.1, 0.15) is 18.9 Å². The zero-order valence-electron chi connectivity index (χ0n) is 13.5. The molecule has 1 aromatic carbocycles. The summed E-state index contributed by atoms with van der Waals surface area (Å²) in [6.07, 6.45) is 0.532. The number of likely N-dealkylation sites (tertiary alicyclic amines) is 1. The average Bonchev–Trinajstić information content (AvgIpc) is 2.52. The first-order valence-electron chi connectivity index (χ1n) is 7.87. The fourth-order valence-corrected chi connectivity index (χ4v) is 2.91. The molecule has 7 heteroatoms. The molecule has 2 rings (SSSR count). The molecule has 0 spiro atoms. The Hall–Kier alpha value is -2.44. The molecule has 2 amide bonds. The molecule has 1 aromatic rings. The van der Waals surface area contributed by atoms with Crippen LogP contribution in [0.3, 0.4) is 0 Å². The molecule has 6 nitrogen and oxygen atoms in total. The summed E-state index contributed by atoms with van der Waals surface area (Å²) in [6, 6.07) is 5.71. The van der Waals surface area contributed by atoms with Crippen LogP contribution in [0, 0.1) is 17.7 Å². The lowest BCUT2D eigenvalue weighted by atomic mass is 9.90. The summed E-state index contributed by atoms with van der Waals surface area (Å²) in [5.74, 6) is -2.48. The molecule has 1 aliphatic rings. The van der Waals surface area contributed by atoms with Crippen molar-refractivity contribution in [2.24, 2.45) is 11.8 Å². The van der Waals surface area contributed by atoms with Crippen LogP contribution < -0.4 is 5.32 Å². The normalized spacial score (nSPS) is 20.5. The molecule has 0 saturated carbocycles. The van der Waals surface area contributed by atoms with E-state index < -0.39 is 17.7 Å². The average molecular weight is 336 g/mol. The number of rotatable bonds is 5. The number of carboxylic acids is 1. The van der Waals surface area contributed by atoms with Gasteiger partial charge in [-0.1, -0.05) is 19.1 Å². The Morgan fingerprint density at radius 1 is 1.33 bits per heavy atom. The first kappa shape index (κ1) is 17.9. The number of nitrogens with zero attached hydrogens (tertiary/aromatic N) is 1. The number of carboxylic acid groups (broad SMARTS) is 1. The smallest absolute Gasteiger partial charge is 0.308 e. The molecule has 1 aliphatic heterocycles. The molecule has 2 N–H and O–H groups in total. The molecule has 2 unspecified atom stereocenters. The Bertz CT molecular complexity index is 635. The number of nitrogens with one attached hydrogen (secondary N) is 1. The highest BCUT2D eigenvalue weighted by atomic mass is 19.1. The standard InChI is InChI=1S/C17H21FN2O4/c1-11-5-13(17(23)24)10-20(9-11)16(22)8-19-15(21)7-12-3-2-4-14(18)6-12/h2-4,6,11,13H,5,7-10H2,1H3,(H,19,21)(H,23,24). The highest BCUT2D eigenvalue weighted by Crippen LogP contribution is 2.21. The van der Waals surface area contributed by atoms with Crippen LogP contribution in [0.5, 0.6) is 0 Å². The van der Waals surface area contributed by atoms with Crippen LogP contribution in [-0.4, -0.2) is 47.4 Å². The molecule has 130 valence electrons. The number of aliphatic carboxylic acids is 1. The second kappa shape index (κ2) is 7.90. The van der Waals surface area contributed by atoms with Gasteiger partial charge in [-0.2, -0.15) is 0 Å². The number of amides is 2. The lowest BCUT2D eigenvalue weighted by Gasteiger charge is -2.34. The molecule has 24 heavy (non-hydrogen) atoms. The van der Waals surface area contributed by atoms with Crippen LogP contribution in [0.2, 0.25) is 0 Å². The molecule has 0 bridgehead atoms. The van der Waals surface area contributed by atoms with Gasteiger partial charge < -0.3 is 15.3 Å². The van der Waals surface area contributed by atoms with Crippen LogP contribution in [0.4, 0.5) is 4.39 Å². The maximum atomic E-state index is 13.1. The van der Waals surface area contributed by atoms with Crippen molar-refractivity contribution in [2.45, 2.75) is 19.8 Å². The Morgan fingerprint density at radius 3 is 2.75 bits per heavy atom. The van der Waals surface area contributed by atoms with Gasteiger partial charge in [0.05, 0.1) is 18.9 Å². The van der Waals surface area contributed by atoms with Gasteiger partial charge in [0.15, 0.2) is 0 Å². The van der Waals surface area contributed by atoms with E-state index >= 15 is 0 Å². The number of piperidine rings is 1. The van der Waals surface area contributed by atoms with Crippen molar-refractivity contribution in [1.82, 2.24) is 10.2 Å². The second-order valence-corrected chi connectivity index (χ2v) is 6.26. The van der Waals surface area contributed by atoms with E-state index in [1.165, 1.54) is 23.1 Å². The summed E-state index contributed by atoms with van der Waals surface area (Å²) in [6.45, 7) is 2.37. The molecule has 1 heterocycles. The number of benzene rings is 1. The van der Waals surface area contributed by atoms with E-state index in [2.05, 4.69) is 5.32 Å². The Morgan fingerprint density at radius 2 is 2.08 bits per heavy atom. The van der Waals surface area contributed by atoms with Gasteiger partial charge in [-0.05, 0) is 30.0 Å². The quantitative estimate of drug-likeness (QED) is 0.842. The topological polar surface area (TPSA) is 86.7 Å². The molecule has 0 aromatic heterocycles. The van der Waals surface area contributed by atoms with Crippen LogP contribution in [0.15, 0.2) is 24.3 Å². The van der Waals surface area contributed by atoms with Gasteiger partial charge in [0.25, 0.3) is 0 Å². The van der Waals surface area contributed by atoms with Crippen molar-refractivity contribution in [3.63, 3.8) is 0 Å². The summed E-state index contributed by atoms with van der Waals surface area (Å²) in [5, 5.41) is 11.6. The van der Waals surface area contributed by atoms with Gasteiger partial charge in [0.1, 0.15) is 5.82 Å². The first-order chi connectivity index (χ1) is 11.3. The predicted octanol–water partition coefficient (Wildman–Crippen LogP) is 1.05. The zero-order chi connectivity index (χ0) is 17.7. The van der Waals surface area contributed by atoms with Crippen molar-refractivity contribution < 1.29 is 23.9 Å². The van der Waals surface area contributed by atoms with Crippen molar-refractivity contribution >= 4 is 17.8 Å². The van der Waals surface area contributed by atoms with E-state index in [1.54, 1.807) is 6.07 Å². The van der Waals surface area contributed by atoms with E-state index in [1.807, 2.05) is 6.92 Å². The maximum Gasteiger partial charge on any atom is 0.308 e. The highest BCUT2D eigenvalue weighted by molar-refractivity contribution is 5.86. The lowest BCUT2D eigenvalue weighted by Crippen LogP contribution is -2.49. The summed E-state index contributed by atoms with van der Waals surface area (Å²) < 4.78 is 13.1. The van der Waals surface area contributed by atoms with Gasteiger partial charge in [-0.25, -0.2) is 4.39 Å². The third-order valence-corrected chi connectivity index (χ3v) is 4.05. The summed E-state index contributed by atoms with van der Waals surface area (Å²) in [7, 11) is 0. The minimum absolute atomic E-state index is 0.0147. The molecule has 1 fully saturated rings. The highest BCUT2D eigenvalue weighted by Gasteiger charge is 2.31. The van der Waals surface area contributed by atoms with E-state index in [-0.39, 0.29) is 37.2 Å². The van der Waals surface area contributed by atoms with Gasteiger partial charge in [0, 0.05) is 13.1 Å². The maximum absolute atomic E-state index is 13.1. The van der Waals surface area contributed by atoms with E-state index in [0.717, 1.165) is 0 Å². The predicted molar refractivity (Wildman–Crippen MR) is 84.6 cm³/mol. The summed E-state index contributed by atoms with van der Waals surface area (Å²) >= 11 is 0. The number of halogens is 1. The molecule has 0 aliphatic carbocycles. The molecular weight excluding hydrogens is 315 g/mol. The minimum atomic E-state index is -0.908. The van der Waals surface area contributed by atoms with Crippen molar-refractivity contribution in [1.29, 1.82) is 0 Å². The largest absolute Gasteiger partial charge is 0.481 e. The van der Waals surface area contributed by atoms with E-state index in [0.29, 0.717) is 18.5 Å². The Kier molecular flexibility index (Phi) is 5.89. The van der Waals surface area contributed by atoms with Crippen LogP contribution >= 0.6 is 0 Å². The van der Waals surface area contributed by atoms with Crippen molar-refractivity contribution in [3.8, 4) is 0 Å². The summed E-state index contributed by atoms with van der Waals surface area (Å²) in [4.78, 5) is 36.6. The number of hydrogen-bond donors (Lipinski definition) is 2. The van der Waals surface area contributed by atoms with E-state index in [9.17, 15) is 18.8 Å².